The number of hydrogen-bond donors (Lipinski definition) is 4. The maximum absolute atomic E-state index is 11.8. The second-order valence-corrected chi connectivity index (χ2v) is 15.9. The number of nitrogens with one attached hydrogen (secondary N) is 2. The van der Waals surface area contributed by atoms with Crippen LogP contribution in [0, 0.1) is 25.2 Å². The number of carbonyl (C=O) groups is 2. The Hall–Kier alpha value is -9.08. The van der Waals surface area contributed by atoms with Crippen LogP contribution in [0.2, 0.25) is 0 Å². The Labute approximate surface area is 371 Å². The zero-order valence-corrected chi connectivity index (χ0v) is 35.0. The molecule has 0 radical (unpaired) electrons. The predicted octanol–water partition coefficient (Wildman–Crippen LogP) is 11.7. The van der Waals surface area contributed by atoms with Gasteiger partial charge in [0.15, 0.2) is 0 Å². The molecule has 10 rings (SSSR count). The number of aromatic amines is 2. The maximum Gasteiger partial charge on any atom is 0.337 e. The normalized spacial score (nSPS) is 11.2. The van der Waals surface area contributed by atoms with Gasteiger partial charge in [-0.3, -0.25) is 4.68 Å². The number of nitrogens with zero attached hydrogens (tertiary/aromatic N) is 5. The van der Waals surface area contributed by atoms with Crippen LogP contribution >= 0.6 is 0 Å². The number of benzene rings is 7. The molecule has 10 aromatic rings. The van der Waals surface area contributed by atoms with Crippen LogP contribution in [-0.4, -0.2) is 51.9 Å². The zero-order chi connectivity index (χ0) is 44.8. The lowest BCUT2D eigenvalue weighted by Gasteiger charge is -2.13. The molecule has 0 aliphatic rings. The third-order valence-electron chi connectivity index (χ3n) is 11.4. The summed E-state index contributed by atoms with van der Waals surface area (Å²) >= 11 is 0. The number of H-pyrrole nitrogens is 2. The molecular formula is C53H37N7O5. The van der Waals surface area contributed by atoms with Gasteiger partial charge in [0.25, 0.3) is 0 Å². The van der Waals surface area contributed by atoms with Crippen molar-refractivity contribution in [1.82, 2.24) is 29.7 Å². The number of aromatic nitrogens is 6. The minimum Gasteiger partial charge on any atom is -0.478 e. The molecule has 314 valence electrons. The third kappa shape index (κ3) is 7.86. The lowest BCUT2D eigenvalue weighted by atomic mass is 9.98. The highest BCUT2D eigenvalue weighted by atomic mass is 16.5. The number of ether oxygens (including phenoxy) is 1. The second kappa shape index (κ2) is 16.3. The molecule has 12 heteroatoms. The molecule has 65 heavy (non-hydrogen) atoms. The maximum atomic E-state index is 11.8. The third-order valence-corrected chi connectivity index (χ3v) is 11.4. The molecule has 0 aliphatic carbocycles. The lowest BCUT2D eigenvalue weighted by molar-refractivity contribution is 0.0688. The van der Waals surface area contributed by atoms with Crippen LogP contribution in [0.1, 0.15) is 43.0 Å². The fourth-order valence-electron chi connectivity index (χ4n) is 8.19. The smallest absolute Gasteiger partial charge is 0.337 e. The fraction of sp³-hybridized carbons (Fsp3) is 0.0566. The van der Waals surface area contributed by atoms with E-state index in [1.165, 1.54) is 0 Å². The fourth-order valence-corrected chi connectivity index (χ4v) is 8.19. The first-order chi connectivity index (χ1) is 31.6. The quantitative estimate of drug-likeness (QED) is 0.0983. The van der Waals surface area contributed by atoms with Gasteiger partial charge in [0.1, 0.15) is 40.3 Å². The Kier molecular flexibility index (Phi) is 10.0. The highest BCUT2D eigenvalue weighted by Gasteiger charge is 2.18. The SMILES string of the molecule is Cc1cc(C(=O)O)c2nc(-c3ccc(-c4ccc(Oc5ccc(-c6ccccc6Cn6cc(-c7ccc(-c8nc9c(C(=O)O)cc(C)cc9[nH]8)cc7)cn6)cc5C#N)cc4)cc3)[nH]c2c1. The monoisotopic (exact) mass is 851 g/mol. The number of imidazole rings is 2. The summed E-state index contributed by atoms with van der Waals surface area (Å²) in [6.45, 7) is 4.22. The molecule has 3 heterocycles. The van der Waals surface area contributed by atoms with E-state index in [1.807, 2.05) is 152 Å². The van der Waals surface area contributed by atoms with Crippen LogP contribution < -0.4 is 4.74 Å². The number of rotatable bonds is 11. The molecule has 12 nitrogen and oxygen atoms in total. The van der Waals surface area contributed by atoms with E-state index in [9.17, 15) is 25.1 Å². The topological polar surface area (TPSA) is 183 Å². The van der Waals surface area contributed by atoms with E-state index in [-0.39, 0.29) is 11.1 Å². The van der Waals surface area contributed by atoms with Crippen molar-refractivity contribution < 1.29 is 24.5 Å². The number of nitriles is 1. The van der Waals surface area contributed by atoms with E-state index in [1.54, 1.807) is 12.1 Å². The molecule has 0 saturated heterocycles. The molecule has 0 fully saturated rings. The van der Waals surface area contributed by atoms with E-state index in [2.05, 4.69) is 37.2 Å². The number of carboxylic acid groups (broad SMARTS) is 2. The van der Waals surface area contributed by atoms with Gasteiger partial charge in [-0.15, -0.1) is 0 Å². The summed E-state index contributed by atoms with van der Waals surface area (Å²) in [5, 5.41) is 34.3. The average molecular weight is 852 g/mol. The van der Waals surface area contributed by atoms with Gasteiger partial charge in [-0.1, -0.05) is 91.0 Å². The van der Waals surface area contributed by atoms with Gasteiger partial charge in [0, 0.05) is 22.9 Å². The van der Waals surface area contributed by atoms with Gasteiger partial charge < -0.3 is 24.9 Å². The molecule has 0 atom stereocenters. The largest absolute Gasteiger partial charge is 0.478 e. The van der Waals surface area contributed by atoms with Crippen LogP contribution in [0.25, 0.3) is 78.2 Å². The number of aryl methyl sites for hydroxylation is 2. The van der Waals surface area contributed by atoms with Gasteiger partial charge in [-0.25, -0.2) is 19.6 Å². The van der Waals surface area contributed by atoms with Crippen LogP contribution in [0.15, 0.2) is 152 Å². The van der Waals surface area contributed by atoms with Crippen LogP contribution in [0.5, 0.6) is 11.5 Å². The van der Waals surface area contributed by atoms with Crippen LogP contribution in [-0.2, 0) is 6.54 Å². The first-order valence-electron chi connectivity index (χ1n) is 20.7. The molecule has 0 aliphatic heterocycles. The first kappa shape index (κ1) is 40.0. The Balaban J connectivity index is 0.817. The minimum atomic E-state index is -1.01. The number of carboxylic acids is 2. The van der Waals surface area contributed by atoms with E-state index in [0.29, 0.717) is 57.3 Å². The number of fused-ring (bicyclic) bond motifs is 2. The predicted molar refractivity (Wildman–Crippen MR) is 249 cm³/mol. The Morgan fingerprint density at radius 3 is 1.69 bits per heavy atom. The molecule has 0 saturated carbocycles. The highest BCUT2D eigenvalue weighted by Crippen LogP contribution is 2.34. The molecule has 0 spiro atoms. The summed E-state index contributed by atoms with van der Waals surface area (Å²) in [7, 11) is 0. The Bertz CT molecular complexity index is 3520. The molecule has 7 aromatic carbocycles. The van der Waals surface area contributed by atoms with Crippen LogP contribution in [0.3, 0.4) is 0 Å². The van der Waals surface area contributed by atoms with E-state index in [0.717, 1.165) is 61.2 Å². The Morgan fingerprint density at radius 2 is 1.14 bits per heavy atom. The molecule has 0 unspecified atom stereocenters. The van der Waals surface area contributed by atoms with Gasteiger partial charge in [-0.2, -0.15) is 10.4 Å². The van der Waals surface area contributed by atoms with Crippen molar-refractivity contribution in [3.8, 4) is 73.7 Å². The van der Waals surface area contributed by atoms with Gasteiger partial charge in [0.05, 0.1) is 40.5 Å². The summed E-state index contributed by atoms with van der Waals surface area (Å²) in [4.78, 5) is 39.4. The highest BCUT2D eigenvalue weighted by molar-refractivity contribution is 6.03. The minimum absolute atomic E-state index is 0.168. The summed E-state index contributed by atoms with van der Waals surface area (Å²) in [5.41, 5.74) is 13.0. The molecule has 4 N–H and O–H groups in total. The molecule has 0 bridgehead atoms. The van der Waals surface area contributed by atoms with Crippen molar-refractivity contribution in [2.24, 2.45) is 0 Å². The summed E-state index contributed by atoms with van der Waals surface area (Å²) < 4.78 is 8.13. The van der Waals surface area contributed by atoms with Gasteiger partial charge in [0.2, 0.25) is 0 Å². The first-order valence-corrected chi connectivity index (χ1v) is 20.7. The van der Waals surface area contributed by atoms with E-state index >= 15 is 0 Å². The van der Waals surface area contributed by atoms with Gasteiger partial charge >= 0.3 is 11.9 Å². The standard InChI is InChI=1S/C53H37N7O5/c1-30-21-43(52(61)62)48-45(23-30)56-50(58-48)35-11-7-32(8-12-35)33-15-18-41(19-16-33)65-47-20-17-37(25-39(47)26-54)42-6-4-3-5-38(42)28-60-29-40(27-55-60)34-9-13-36(14-10-34)51-57-46-24-31(2)22-44(53(63)64)49(46)59-51/h3-25,27,29H,28H2,1-2H3,(H,56,58)(H,57,59)(H,61,62)(H,63,64). The number of hydrogen-bond acceptors (Lipinski definition) is 7. The van der Waals surface area contributed by atoms with Crippen molar-refractivity contribution in [3.63, 3.8) is 0 Å². The number of aromatic carboxylic acids is 2. The van der Waals surface area contributed by atoms with Gasteiger partial charge in [-0.05, 0) is 107 Å². The summed E-state index contributed by atoms with van der Waals surface area (Å²) in [5.74, 6) is 0.194. The zero-order valence-electron chi connectivity index (χ0n) is 35.0. The second-order valence-electron chi connectivity index (χ2n) is 15.9. The lowest BCUT2D eigenvalue weighted by Crippen LogP contribution is -2.01. The summed E-state index contributed by atoms with van der Waals surface area (Å²) in [6, 6.07) is 46.5. The molecule has 0 amide bonds. The van der Waals surface area contributed by atoms with Crippen molar-refractivity contribution in [2.45, 2.75) is 20.4 Å². The van der Waals surface area contributed by atoms with E-state index < -0.39 is 11.9 Å². The summed E-state index contributed by atoms with van der Waals surface area (Å²) in [6.07, 6.45) is 3.82. The van der Waals surface area contributed by atoms with Crippen molar-refractivity contribution in [1.29, 1.82) is 5.26 Å². The van der Waals surface area contributed by atoms with Crippen molar-refractivity contribution in [3.05, 3.63) is 185 Å². The van der Waals surface area contributed by atoms with Crippen LogP contribution in [0.4, 0.5) is 0 Å². The molecular weight excluding hydrogens is 815 g/mol. The van der Waals surface area contributed by atoms with E-state index in [4.69, 9.17) is 4.74 Å². The van der Waals surface area contributed by atoms with Crippen molar-refractivity contribution in [2.75, 3.05) is 0 Å². The van der Waals surface area contributed by atoms with Crippen molar-refractivity contribution >= 4 is 34.0 Å². The average Bonchev–Trinajstić information content (AvgIpc) is 4.08. The molecule has 3 aromatic heterocycles. The Morgan fingerprint density at radius 1 is 0.631 bits per heavy atom.